The molecule has 1 saturated heterocycles. The quantitative estimate of drug-likeness (QED) is 0.902. The number of hydrogen-bond acceptors (Lipinski definition) is 3. The van der Waals surface area contributed by atoms with Gasteiger partial charge in [-0.05, 0) is 36.3 Å². The van der Waals surface area contributed by atoms with Gasteiger partial charge in [-0.1, -0.05) is 24.3 Å². The number of aliphatic hydroxyl groups is 1. The molecular weight excluding hydrogens is 288 g/mol. The second kappa shape index (κ2) is 6.04. The summed E-state index contributed by atoms with van der Waals surface area (Å²) in [5.74, 6) is 0.293. The molecule has 0 aromatic heterocycles. The smallest absolute Gasteiger partial charge is 0.282 e. The molecule has 0 aliphatic carbocycles. The van der Waals surface area contributed by atoms with Crippen molar-refractivity contribution in [1.82, 2.24) is 8.61 Å². The fourth-order valence-electron chi connectivity index (χ4n) is 3.25. The molecule has 1 N–H and O–H groups in total. The van der Waals surface area contributed by atoms with E-state index < -0.39 is 10.2 Å². The Morgan fingerprint density at radius 2 is 1.90 bits per heavy atom. The number of fused-ring (bicyclic) bond motifs is 1. The molecule has 2 heterocycles. The Hall–Kier alpha value is -0.950. The first-order valence-corrected chi connectivity index (χ1v) is 8.94. The minimum atomic E-state index is -3.37. The van der Waals surface area contributed by atoms with E-state index >= 15 is 0 Å². The van der Waals surface area contributed by atoms with Gasteiger partial charge in [0, 0.05) is 32.8 Å². The average molecular weight is 310 g/mol. The van der Waals surface area contributed by atoms with Gasteiger partial charge in [-0.15, -0.1) is 0 Å². The third-order valence-electron chi connectivity index (χ3n) is 4.53. The van der Waals surface area contributed by atoms with E-state index in [1.807, 2.05) is 18.2 Å². The summed E-state index contributed by atoms with van der Waals surface area (Å²) < 4.78 is 28.7. The maximum atomic E-state index is 12.7. The van der Waals surface area contributed by atoms with Crippen molar-refractivity contribution in [2.75, 3.05) is 26.2 Å². The van der Waals surface area contributed by atoms with E-state index in [2.05, 4.69) is 6.07 Å². The van der Waals surface area contributed by atoms with Crippen LogP contribution in [0.3, 0.4) is 0 Å². The lowest BCUT2D eigenvalue weighted by molar-refractivity contribution is 0.258. The SMILES string of the molecule is O=S(=O)(N1CCc2ccccc2C1)N1CCC(CCO)C1. The van der Waals surface area contributed by atoms with E-state index in [1.54, 1.807) is 8.61 Å². The van der Waals surface area contributed by atoms with E-state index in [0.717, 1.165) is 18.4 Å². The van der Waals surface area contributed by atoms with E-state index in [9.17, 15) is 8.42 Å². The molecule has 0 amide bonds. The number of aliphatic hydroxyl groups excluding tert-OH is 1. The van der Waals surface area contributed by atoms with Gasteiger partial charge in [0.25, 0.3) is 10.2 Å². The Balaban J connectivity index is 1.72. The minimum Gasteiger partial charge on any atom is -0.396 e. The highest BCUT2D eigenvalue weighted by atomic mass is 32.2. The summed E-state index contributed by atoms with van der Waals surface area (Å²) >= 11 is 0. The van der Waals surface area contributed by atoms with Crippen LogP contribution in [0, 0.1) is 5.92 Å². The van der Waals surface area contributed by atoms with Crippen molar-refractivity contribution >= 4 is 10.2 Å². The topological polar surface area (TPSA) is 60.9 Å². The highest BCUT2D eigenvalue weighted by molar-refractivity contribution is 7.86. The Bertz CT molecular complexity index is 603. The molecule has 6 heteroatoms. The van der Waals surface area contributed by atoms with Crippen molar-refractivity contribution in [3.8, 4) is 0 Å². The van der Waals surface area contributed by atoms with Crippen LogP contribution in [0.5, 0.6) is 0 Å². The van der Waals surface area contributed by atoms with Crippen molar-refractivity contribution in [2.45, 2.75) is 25.8 Å². The lowest BCUT2D eigenvalue weighted by Crippen LogP contribution is -2.45. The number of hydrogen-bond donors (Lipinski definition) is 1. The average Bonchev–Trinajstić information content (AvgIpc) is 2.96. The van der Waals surface area contributed by atoms with Gasteiger partial charge in [0.15, 0.2) is 0 Å². The Morgan fingerprint density at radius 1 is 1.14 bits per heavy atom. The summed E-state index contributed by atoms with van der Waals surface area (Å²) in [5.41, 5.74) is 2.36. The number of nitrogens with zero attached hydrogens (tertiary/aromatic N) is 2. The van der Waals surface area contributed by atoms with Crippen LogP contribution < -0.4 is 0 Å². The van der Waals surface area contributed by atoms with Crippen molar-refractivity contribution in [3.63, 3.8) is 0 Å². The lowest BCUT2D eigenvalue weighted by Gasteiger charge is -2.31. The van der Waals surface area contributed by atoms with Gasteiger partial charge in [0.1, 0.15) is 0 Å². The van der Waals surface area contributed by atoms with Gasteiger partial charge >= 0.3 is 0 Å². The molecule has 2 aliphatic heterocycles. The van der Waals surface area contributed by atoms with Crippen LogP contribution >= 0.6 is 0 Å². The first-order chi connectivity index (χ1) is 10.1. The fourth-order valence-corrected chi connectivity index (χ4v) is 4.94. The lowest BCUT2D eigenvalue weighted by atomic mass is 10.0. The van der Waals surface area contributed by atoms with Crippen LogP contribution in [-0.2, 0) is 23.2 Å². The molecule has 1 aromatic rings. The Morgan fingerprint density at radius 3 is 2.67 bits per heavy atom. The van der Waals surface area contributed by atoms with Gasteiger partial charge in [-0.25, -0.2) is 0 Å². The van der Waals surface area contributed by atoms with E-state index in [1.165, 1.54) is 5.56 Å². The highest BCUT2D eigenvalue weighted by Crippen LogP contribution is 2.27. The van der Waals surface area contributed by atoms with Gasteiger partial charge in [-0.3, -0.25) is 0 Å². The standard InChI is InChI=1S/C15H22N2O3S/c18-10-7-13-5-8-16(11-13)21(19,20)17-9-6-14-3-1-2-4-15(14)12-17/h1-4,13,18H,5-12H2. The molecule has 2 aliphatic rings. The van der Waals surface area contributed by atoms with Crippen molar-refractivity contribution < 1.29 is 13.5 Å². The van der Waals surface area contributed by atoms with Crippen LogP contribution in [0.15, 0.2) is 24.3 Å². The molecule has 1 fully saturated rings. The van der Waals surface area contributed by atoms with E-state index in [4.69, 9.17) is 5.11 Å². The molecule has 0 bridgehead atoms. The zero-order chi connectivity index (χ0) is 14.9. The second-order valence-corrected chi connectivity index (χ2v) is 7.81. The zero-order valence-electron chi connectivity index (χ0n) is 12.1. The van der Waals surface area contributed by atoms with Crippen molar-refractivity contribution in [2.24, 2.45) is 5.92 Å². The molecule has 1 atom stereocenters. The third kappa shape index (κ3) is 2.99. The van der Waals surface area contributed by atoms with Crippen LogP contribution in [0.25, 0.3) is 0 Å². The first-order valence-electron chi connectivity index (χ1n) is 7.54. The van der Waals surface area contributed by atoms with Crippen molar-refractivity contribution in [1.29, 1.82) is 0 Å². The summed E-state index contributed by atoms with van der Waals surface area (Å²) in [7, 11) is -3.37. The molecular formula is C15H22N2O3S. The molecule has 116 valence electrons. The molecule has 1 aromatic carbocycles. The van der Waals surface area contributed by atoms with Gasteiger partial charge in [-0.2, -0.15) is 17.0 Å². The van der Waals surface area contributed by atoms with Crippen LogP contribution in [0.4, 0.5) is 0 Å². The molecule has 1 unspecified atom stereocenters. The van der Waals surface area contributed by atoms with E-state index in [-0.39, 0.29) is 6.61 Å². The molecule has 0 saturated carbocycles. The van der Waals surface area contributed by atoms with Crippen LogP contribution in [0.2, 0.25) is 0 Å². The third-order valence-corrected chi connectivity index (χ3v) is 6.48. The number of rotatable bonds is 4. The molecule has 5 nitrogen and oxygen atoms in total. The fraction of sp³-hybridized carbons (Fsp3) is 0.600. The van der Waals surface area contributed by atoms with Crippen LogP contribution in [0.1, 0.15) is 24.0 Å². The molecule has 0 spiro atoms. The summed E-state index contributed by atoms with van der Waals surface area (Å²) in [4.78, 5) is 0. The van der Waals surface area contributed by atoms with Gasteiger partial charge < -0.3 is 5.11 Å². The van der Waals surface area contributed by atoms with Crippen LogP contribution in [-0.4, -0.2) is 48.4 Å². The maximum absolute atomic E-state index is 12.7. The Kier molecular flexibility index (Phi) is 4.31. The number of benzene rings is 1. The van der Waals surface area contributed by atoms with Gasteiger partial charge in [0.05, 0.1) is 0 Å². The minimum absolute atomic E-state index is 0.135. The largest absolute Gasteiger partial charge is 0.396 e. The molecule has 21 heavy (non-hydrogen) atoms. The van der Waals surface area contributed by atoms with Crippen molar-refractivity contribution in [3.05, 3.63) is 35.4 Å². The monoisotopic (exact) mass is 310 g/mol. The zero-order valence-corrected chi connectivity index (χ0v) is 12.9. The van der Waals surface area contributed by atoms with Gasteiger partial charge in [0.2, 0.25) is 0 Å². The second-order valence-electron chi connectivity index (χ2n) is 5.89. The summed E-state index contributed by atoms with van der Waals surface area (Å²) in [6, 6.07) is 8.05. The first kappa shape index (κ1) is 15.0. The summed E-state index contributed by atoms with van der Waals surface area (Å²) in [5, 5.41) is 9.00. The normalized spacial score (nSPS) is 24.1. The predicted molar refractivity (Wildman–Crippen MR) is 80.9 cm³/mol. The highest BCUT2D eigenvalue weighted by Gasteiger charge is 2.36. The van der Waals surface area contributed by atoms with E-state index in [0.29, 0.717) is 38.5 Å². The molecule has 0 radical (unpaired) electrons. The molecule has 3 rings (SSSR count). The Labute approximate surface area is 126 Å². The predicted octanol–water partition coefficient (Wildman–Crippen LogP) is 0.994. The summed E-state index contributed by atoms with van der Waals surface area (Å²) in [6.07, 6.45) is 2.32. The maximum Gasteiger partial charge on any atom is 0.282 e. The summed E-state index contributed by atoms with van der Waals surface area (Å²) in [6.45, 7) is 2.28.